The highest BCUT2D eigenvalue weighted by Crippen LogP contribution is 2.41. The fourth-order valence-electron chi connectivity index (χ4n) is 5.14. The number of aromatic nitrogens is 1. The second-order valence-electron chi connectivity index (χ2n) is 8.69. The topological polar surface area (TPSA) is 59.5 Å². The van der Waals surface area contributed by atoms with Crippen LogP contribution in [0.1, 0.15) is 37.7 Å². The summed E-state index contributed by atoms with van der Waals surface area (Å²) in [7, 11) is -3.09. The van der Waals surface area contributed by atoms with Crippen molar-refractivity contribution < 1.29 is 13.2 Å². The lowest BCUT2D eigenvalue weighted by atomic mass is 9.87. The highest BCUT2D eigenvalue weighted by molar-refractivity contribution is 7.88. The zero-order chi connectivity index (χ0) is 21.6. The molecule has 31 heavy (non-hydrogen) atoms. The molecule has 0 N–H and O–H groups in total. The lowest BCUT2D eigenvalue weighted by Gasteiger charge is -2.37. The first-order valence-corrected chi connectivity index (χ1v) is 13.7. The van der Waals surface area contributed by atoms with Gasteiger partial charge in [0.2, 0.25) is 10.0 Å². The molecule has 5 nitrogen and oxygen atoms in total. The summed E-state index contributed by atoms with van der Waals surface area (Å²) in [6.07, 6.45) is 7.47. The Morgan fingerprint density at radius 1 is 1.13 bits per heavy atom. The summed E-state index contributed by atoms with van der Waals surface area (Å²) in [6.45, 7) is 0. The number of nitrogens with zero attached hydrogens (tertiary/aromatic N) is 2. The van der Waals surface area contributed by atoms with Crippen molar-refractivity contribution in [1.29, 1.82) is 0 Å². The van der Waals surface area contributed by atoms with Gasteiger partial charge in [0.1, 0.15) is 5.75 Å². The van der Waals surface area contributed by atoms with Crippen LogP contribution in [-0.2, 0) is 16.4 Å². The van der Waals surface area contributed by atoms with Gasteiger partial charge in [0.05, 0.1) is 16.5 Å². The largest absolute Gasteiger partial charge is 0.431 e. The molecule has 0 amide bonds. The Kier molecular flexibility index (Phi) is 5.71. The van der Waals surface area contributed by atoms with Crippen molar-refractivity contribution in [2.45, 2.75) is 50.6 Å². The van der Waals surface area contributed by atoms with Gasteiger partial charge < -0.3 is 4.74 Å². The number of rotatable bonds is 6. The number of aryl methyl sites for hydroxylation is 1. The summed E-state index contributed by atoms with van der Waals surface area (Å²) in [5, 5.41) is 1.28. The molecule has 2 saturated heterocycles. The normalized spacial score (nSPS) is 24.0. The van der Waals surface area contributed by atoms with Gasteiger partial charge in [-0.2, -0.15) is 4.31 Å². The van der Waals surface area contributed by atoms with Gasteiger partial charge in [0.15, 0.2) is 0 Å². The Morgan fingerprint density at radius 2 is 1.84 bits per heavy atom. The molecule has 2 aliphatic rings. The molecule has 164 valence electrons. The van der Waals surface area contributed by atoms with Crippen LogP contribution in [0.2, 0.25) is 5.02 Å². The van der Waals surface area contributed by atoms with Crippen LogP contribution in [0.15, 0.2) is 42.5 Å². The molecule has 5 rings (SSSR count). The molecule has 1 unspecified atom stereocenters. The smallest absolute Gasteiger partial charge is 0.279 e. The van der Waals surface area contributed by atoms with Crippen LogP contribution in [0.5, 0.6) is 10.9 Å². The summed E-state index contributed by atoms with van der Waals surface area (Å²) >= 11 is 7.54. The number of halogens is 1. The first kappa shape index (κ1) is 21.2. The molecule has 0 aliphatic carbocycles. The van der Waals surface area contributed by atoms with E-state index < -0.39 is 10.0 Å². The lowest BCUT2D eigenvalue weighted by molar-refractivity contribution is 0.185. The maximum absolute atomic E-state index is 12.1. The summed E-state index contributed by atoms with van der Waals surface area (Å²) in [6, 6.07) is 14.3. The van der Waals surface area contributed by atoms with E-state index in [-0.39, 0.29) is 12.1 Å². The zero-order valence-electron chi connectivity index (χ0n) is 17.3. The van der Waals surface area contributed by atoms with Crippen molar-refractivity contribution in [1.82, 2.24) is 9.29 Å². The molecule has 2 fully saturated rings. The SMILES string of the molecule is CS(=O)(=O)N1[C@@H]2CC[C@H]1CC(CCc1ccc(Oc3nc4cc(Cl)ccc4s3)cc1)C2. The third-order valence-corrected chi connectivity index (χ3v) is 8.96. The fraction of sp³-hybridized carbons (Fsp3) is 0.435. The van der Waals surface area contributed by atoms with Gasteiger partial charge in [0, 0.05) is 17.1 Å². The van der Waals surface area contributed by atoms with Gasteiger partial charge in [-0.1, -0.05) is 35.1 Å². The van der Waals surface area contributed by atoms with Gasteiger partial charge in [0.25, 0.3) is 5.19 Å². The van der Waals surface area contributed by atoms with E-state index >= 15 is 0 Å². The second-order valence-corrected chi connectivity index (χ2v) is 12.0. The number of sulfonamides is 1. The molecule has 3 aromatic rings. The lowest BCUT2D eigenvalue weighted by Crippen LogP contribution is -2.46. The van der Waals surface area contributed by atoms with Crippen LogP contribution in [0.3, 0.4) is 0 Å². The fourth-order valence-corrected chi connectivity index (χ4v) is 7.59. The van der Waals surface area contributed by atoms with Crippen LogP contribution >= 0.6 is 22.9 Å². The van der Waals surface area contributed by atoms with Crippen LogP contribution in [-0.4, -0.2) is 36.0 Å². The Hall–Kier alpha value is -1.67. The van der Waals surface area contributed by atoms with E-state index in [1.165, 1.54) is 23.2 Å². The third kappa shape index (κ3) is 4.60. The molecule has 0 saturated carbocycles. The maximum Gasteiger partial charge on any atom is 0.279 e. The van der Waals surface area contributed by atoms with Gasteiger partial charge >= 0.3 is 0 Å². The Labute approximate surface area is 192 Å². The molecular weight excluding hydrogens is 452 g/mol. The van der Waals surface area contributed by atoms with Crippen molar-refractivity contribution in [2.24, 2.45) is 5.92 Å². The average molecular weight is 477 g/mol. The highest BCUT2D eigenvalue weighted by Gasteiger charge is 2.44. The first-order valence-electron chi connectivity index (χ1n) is 10.7. The van der Waals surface area contributed by atoms with E-state index in [0.29, 0.717) is 16.1 Å². The summed E-state index contributed by atoms with van der Waals surface area (Å²) in [5.41, 5.74) is 2.13. The minimum atomic E-state index is -3.09. The standard InChI is InChI=1S/C23H25ClN2O3S2/c1-31(27,28)26-18-7-8-19(26)13-16(12-18)3-2-15-4-9-20(10-5-15)29-23-25-21-14-17(24)6-11-22(21)30-23/h4-6,9-11,14,16,18-19H,2-3,7-8,12-13H2,1H3/t16?,18-,19+. The predicted octanol–water partition coefficient (Wildman–Crippen LogP) is 5.88. The van der Waals surface area contributed by atoms with Crippen LogP contribution in [0, 0.1) is 5.92 Å². The van der Waals surface area contributed by atoms with E-state index in [2.05, 4.69) is 17.1 Å². The van der Waals surface area contributed by atoms with E-state index in [1.54, 1.807) is 4.31 Å². The quantitative estimate of drug-likeness (QED) is 0.446. The number of hydrogen-bond acceptors (Lipinski definition) is 5. The van der Waals surface area contributed by atoms with Crippen molar-refractivity contribution in [3.8, 4) is 10.9 Å². The summed E-state index contributed by atoms with van der Waals surface area (Å²) < 4.78 is 32.9. The maximum atomic E-state index is 12.1. The van der Waals surface area contributed by atoms with Crippen molar-refractivity contribution >= 4 is 43.2 Å². The van der Waals surface area contributed by atoms with Crippen molar-refractivity contribution in [3.63, 3.8) is 0 Å². The molecule has 0 spiro atoms. The summed E-state index contributed by atoms with van der Waals surface area (Å²) in [5.74, 6) is 1.37. The molecule has 2 aliphatic heterocycles. The zero-order valence-corrected chi connectivity index (χ0v) is 19.7. The van der Waals surface area contributed by atoms with Crippen LogP contribution in [0.4, 0.5) is 0 Å². The minimum Gasteiger partial charge on any atom is -0.431 e. The Morgan fingerprint density at radius 3 is 2.52 bits per heavy atom. The van der Waals surface area contributed by atoms with Crippen LogP contribution < -0.4 is 4.74 Å². The number of fused-ring (bicyclic) bond motifs is 3. The predicted molar refractivity (Wildman–Crippen MR) is 126 cm³/mol. The average Bonchev–Trinajstić information content (AvgIpc) is 3.24. The van der Waals surface area contributed by atoms with Gasteiger partial charge in [-0.3, -0.25) is 0 Å². The number of benzene rings is 2. The number of piperidine rings is 1. The number of hydrogen-bond donors (Lipinski definition) is 0. The van der Waals surface area contributed by atoms with Crippen molar-refractivity contribution in [3.05, 3.63) is 53.1 Å². The van der Waals surface area contributed by atoms with Crippen LogP contribution in [0.25, 0.3) is 10.2 Å². The summed E-state index contributed by atoms with van der Waals surface area (Å²) in [4.78, 5) is 4.50. The van der Waals surface area contributed by atoms with E-state index in [0.717, 1.165) is 54.5 Å². The molecule has 8 heteroatoms. The molecule has 2 bridgehead atoms. The highest BCUT2D eigenvalue weighted by atomic mass is 35.5. The second kappa shape index (κ2) is 8.35. The molecule has 3 heterocycles. The molecule has 1 aromatic heterocycles. The molecule has 2 aromatic carbocycles. The molecule has 3 atom stereocenters. The monoisotopic (exact) mass is 476 g/mol. The van der Waals surface area contributed by atoms with Gasteiger partial charge in [-0.25, -0.2) is 13.4 Å². The number of thiazole rings is 1. The Balaban J connectivity index is 1.17. The van der Waals surface area contributed by atoms with Gasteiger partial charge in [-0.15, -0.1) is 0 Å². The van der Waals surface area contributed by atoms with E-state index in [4.69, 9.17) is 16.3 Å². The number of ether oxygens (including phenoxy) is 1. The molecular formula is C23H25ClN2O3S2. The first-order chi connectivity index (χ1) is 14.8. The minimum absolute atomic E-state index is 0.207. The molecule has 0 radical (unpaired) electrons. The Bertz CT molecular complexity index is 1180. The van der Waals surface area contributed by atoms with E-state index in [1.807, 2.05) is 30.3 Å². The third-order valence-electron chi connectivity index (χ3n) is 6.45. The van der Waals surface area contributed by atoms with Crippen molar-refractivity contribution in [2.75, 3.05) is 6.26 Å². The van der Waals surface area contributed by atoms with Gasteiger partial charge in [-0.05, 0) is 80.3 Å². The van der Waals surface area contributed by atoms with E-state index in [9.17, 15) is 8.42 Å².